The zero-order valence-electron chi connectivity index (χ0n) is 9.04. The Morgan fingerprint density at radius 2 is 2.00 bits per heavy atom. The molecule has 3 aliphatic carbocycles. The van der Waals surface area contributed by atoms with E-state index in [1.54, 1.807) is 0 Å². The van der Waals surface area contributed by atoms with Crippen LogP contribution in [0.5, 0.6) is 0 Å². The van der Waals surface area contributed by atoms with Crippen LogP contribution in [0.3, 0.4) is 0 Å². The van der Waals surface area contributed by atoms with Crippen LogP contribution in [0.4, 0.5) is 0 Å². The van der Waals surface area contributed by atoms with Crippen LogP contribution in [0.1, 0.15) is 40.0 Å². The lowest BCUT2D eigenvalue weighted by Crippen LogP contribution is -2.73. The van der Waals surface area contributed by atoms with Crippen molar-refractivity contribution in [1.82, 2.24) is 0 Å². The average Bonchev–Trinajstić information content (AvgIpc) is 2.36. The van der Waals surface area contributed by atoms with Crippen LogP contribution in [0.25, 0.3) is 0 Å². The molecule has 4 rings (SSSR count). The van der Waals surface area contributed by atoms with Crippen LogP contribution < -0.4 is 0 Å². The van der Waals surface area contributed by atoms with E-state index in [2.05, 4.69) is 20.8 Å². The maximum atomic E-state index is 9.50. The average molecular weight is 196 g/mol. The van der Waals surface area contributed by atoms with Gasteiger partial charge in [-0.15, -0.1) is 0 Å². The normalized spacial score (nSPS) is 54.0. The Bertz CT molecular complexity index is 293. The smallest absolute Gasteiger partial charge is 0.402 e. The molecule has 0 radical (unpaired) electrons. The van der Waals surface area contributed by atoms with Gasteiger partial charge in [0.05, 0.1) is 11.2 Å². The van der Waals surface area contributed by atoms with E-state index >= 15 is 0 Å². The largest absolute Gasteiger partial charge is 0.637 e. The zero-order chi connectivity index (χ0) is 10.2. The second kappa shape index (κ2) is 2.20. The molecule has 3 nitrogen and oxygen atoms in total. The van der Waals surface area contributed by atoms with E-state index in [1.165, 1.54) is 6.42 Å². The fraction of sp³-hybridized carbons (Fsp3) is 1.00. The zero-order valence-corrected chi connectivity index (χ0v) is 9.04. The quantitative estimate of drug-likeness (QED) is 0.594. The Morgan fingerprint density at radius 1 is 1.29 bits per heavy atom. The summed E-state index contributed by atoms with van der Waals surface area (Å²) in [7, 11) is -1.02. The first-order valence-corrected chi connectivity index (χ1v) is 5.45. The lowest BCUT2D eigenvalue weighted by molar-refractivity contribution is -0.257. The molecule has 0 aromatic rings. The highest BCUT2D eigenvalue weighted by Crippen LogP contribution is 2.70. The molecule has 0 amide bonds. The van der Waals surface area contributed by atoms with Gasteiger partial charge in [0.1, 0.15) is 0 Å². The summed E-state index contributed by atoms with van der Waals surface area (Å²) in [4.78, 5) is 0. The summed E-state index contributed by atoms with van der Waals surface area (Å²) in [6.07, 6.45) is 3.26. The van der Waals surface area contributed by atoms with Gasteiger partial charge in [-0.3, -0.25) is 0 Å². The van der Waals surface area contributed by atoms with Crippen LogP contribution in [-0.2, 0) is 9.31 Å². The Morgan fingerprint density at radius 3 is 2.57 bits per heavy atom. The fourth-order valence-electron chi connectivity index (χ4n) is 3.97. The number of rotatable bonds is 0. The first kappa shape index (κ1) is 9.19. The first-order chi connectivity index (χ1) is 6.41. The molecule has 4 aliphatic rings. The van der Waals surface area contributed by atoms with Crippen molar-refractivity contribution in [2.24, 2.45) is 11.3 Å². The van der Waals surface area contributed by atoms with Crippen LogP contribution in [-0.4, -0.2) is 23.5 Å². The summed E-state index contributed by atoms with van der Waals surface area (Å²) in [5.41, 5.74) is -0.357. The van der Waals surface area contributed by atoms with Gasteiger partial charge in [-0.25, -0.2) is 0 Å². The third kappa shape index (κ3) is 0.708. The van der Waals surface area contributed by atoms with Gasteiger partial charge in [0, 0.05) is 0 Å². The SMILES string of the molecule is CC12CCC3CC1(OB(O)O2)C3(C)C. The van der Waals surface area contributed by atoms with Crippen molar-refractivity contribution >= 4 is 7.32 Å². The molecule has 1 saturated heterocycles. The van der Waals surface area contributed by atoms with Crippen LogP contribution in [0.2, 0.25) is 0 Å². The third-order valence-corrected chi connectivity index (χ3v) is 5.08. The number of hydrogen-bond donors (Lipinski definition) is 1. The maximum Gasteiger partial charge on any atom is 0.637 e. The second-order valence-corrected chi connectivity index (χ2v) is 5.76. The predicted molar refractivity (Wildman–Crippen MR) is 52.4 cm³/mol. The summed E-state index contributed by atoms with van der Waals surface area (Å²) < 4.78 is 11.2. The van der Waals surface area contributed by atoms with Crippen LogP contribution in [0, 0.1) is 11.3 Å². The molecular weight excluding hydrogens is 179 g/mol. The highest BCUT2D eigenvalue weighted by Gasteiger charge is 2.76. The molecule has 1 aliphatic heterocycles. The molecule has 14 heavy (non-hydrogen) atoms. The lowest BCUT2D eigenvalue weighted by atomic mass is 9.41. The van der Waals surface area contributed by atoms with Gasteiger partial charge in [-0.05, 0) is 37.5 Å². The first-order valence-electron chi connectivity index (χ1n) is 5.45. The standard InChI is InChI=1S/C10H17BO3/c1-8(2)7-4-5-9(3)10(8,6-7)14-11(12)13-9/h7,12H,4-6H2,1-3H3. The Kier molecular flexibility index (Phi) is 1.45. The topological polar surface area (TPSA) is 38.7 Å². The summed E-state index contributed by atoms with van der Waals surface area (Å²) in [5, 5.41) is 9.50. The minimum absolute atomic E-state index is 0.150. The van der Waals surface area contributed by atoms with Crippen LogP contribution in [0.15, 0.2) is 0 Å². The molecule has 4 fully saturated rings. The van der Waals surface area contributed by atoms with Gasteiger partial charge in [-0.2, -0.15) is 0 Å². The van der Waals surface area contributed by atoms with E-state index < -0.39 is 7.32 Å². The van der Waals surface area contributed by atoms with Crippen molar-refractivity contribution in [2.75, 3.05) is 0 Å². The van der Waals surface area contributed by atoms with Gasteiger partial charge >= 0.3 is 7.32 Å². The van der Waals surface area contributed by atoms with E-state index in [4.69, 9.17) is 9.31 Å². The second-order valence-electron chi connectivity index (χ2n) is 5.76. The number of hydrogen-bond acceptors (Lipinski definition) is 3. The van der Waals surface area contributed by atoms with Crippen molar-refractivity contribution in [2.45, 2.75) is 51.2 Å². The van der Waals surface area contributed by atoms with E-state index in [1.807, 2.05) is 0 Å². The van der Waals surface area contributed by atoms with E-state index in [0.717, 1.165) is 18.8 Å². The monoisotopic (exact) mass is 196 g/mol. The highest BCUT2D eigenvalue weighted by molar-refractivity contribution is 6.36. The lowest BCUT2D eigenvalue weighted by Gasteiger charge is -2.68. The summed E-state index contributed by atoms with van der Waals surface area (Å²) >= 11 is 0. The van der Waals surface area contributed by atoms with Crippen molar-refractivity contribution in [1.29, 1.82) is 0 Å². The Hall–Kier alpha value is -0.0551. The molecule has 1 spiro atoms. The Balaban J connectivity index is 2.06. The number of fused-ring (bicyclic) bond motifs is 1. The molecule has 1 heterocycles. The molecule has 78 valence electrons. The molecule has 0 aromatic heterocycles. The predicted octanol–water partition coefficient (Wildman–Crippen LogP) is 1.35. The van der Waals surface area contributed by atoms with E-state index in [0.29, 0.717) is 0 Å². The van der Waals surface area contributed by atoms with E-state index in [9.17, 15) is 5.02 Å². The summed E-state index contributed by atoms with van der Waals surface area (Å²) in [6.45, 7) is 6.56. The van der Waals surface area contributed by atoms with Gasteiger partial charge in [0.2, 0.25) is 0 Å². The van der Waals surface area contributed by atoms with Crippen molar-refractivity contribution in [3.8, 4) is 0 Å². The minimum Gasteiger partial charge on any atom is -0.402 e. The third-order valence-electron chi connectivity index (χ3n) is 5.08. The molecule has 3 atom stereocenters. The molecule has 2 bridgehead atoms. The van der Waals surface area contributed by atoms with Crippen molar-refractivity contribution < 1.29 is 14.3 Å². The van der Waals surface area contributed by atoms with Gasteiger partial charge in [-0.1, -0.05) is 13.8 Å². The molecule has 4 heteroatoms. The Labute approximate surface area is 85.0 Å². The molecule has 0 aromatic carbocycles. The fourth-order valence-corrected chi connectivity index (χ4v) is 3.97. The van der Waals surface area contributed by atoms with Gasteiger partial charge in [0.25, 0.3) is 0 Å². The van der Waals surface area contributed by atoms with Crippen molar-refractivity contribution in [3.05, 3.63) is 0 Å². The maximum absolute atomic E-state index is 9.50. The molecule has 1 N–H and O–H groups in total. The van der Waals surface area contributed by atoms with E-state index in [-0.39, 0.29) is 16.6 Å². The summed E-state index contributed by atoms with van der Waals surface area (Å²) in [6, 6.07) is 0. The minimum atomic E-state index is -1.02. The van der Waals surface area contributed by atoms with Crippen LogP contribution >= 0.6 is 0 Å². The molecular formula is C10H17BO3. The van der Waals surface area contributed by atoms with Gasteiger partial charge < -0.3 is 14.3 Å². The summed E-state index contributed by atoms with van der Waals surface area (Å²) in [5.74, 6) is 0.740. The van der Waals surface area contributed by atoms with Crippen molar-refractivity contribution in [3.63, 3.8) is 0 Å². The molecule has 3 unspecified atom stereocenters. The highest BCUT2D eigenvalue weighted by atomic mass is 16.7. The molecule has 3 saturated carbocycles. The van der Waals surface area contributed by atoms with Gasteiger partial charge in [0.15, 0.2) is 0 Å².